The standard InChI is InChI=1S/C11H14N4O2S2/c1-9-13-11(15-14-9)18-8-7-12-19(16,17)10-5-3-2-4-6-10/h2-6,12H,7-8H2,1H3,(H,13,14,15). The van der Waals surface area contributed by atoms with Crippen molar-refractivity contribution < 1.29 is 8.42 Å². The number of thioether (sulfide) groups is 1. The third-order valence-corrected chi connectivity index (χ3v) is 4.58. The number of rotatable bonds is 6. The topological polar surface area (TPSA) is 87.7 Å². The second-order valence-electron chi connectivity index (χ2n) is 3.76. The molecule has 0 saturated carbocycles. The van der Waals surface area contributed by atoms with Crippen LogP contribution in [0.5, 0.6) is 0 Å². The minimum Gasteiger partial charge on any atom is -0.262 e. The first kappa shape index (κ1) is 14.0. The molecule has 1 aromatic carbocycles. The highest BCUT2D eigenvalue weighted by molar-refractivity contribution is 7.99. The van der Waals surface area contributed by atoms with Crippen LogP contribution in [0.15, 0.2) is 40.4 Å². The summed E-state index contributed by atoms with van der Waals surface area (Å²) in [6.45, 7) is 2.14. The summed E-state index contributed by atoms with van der Waals surface area (Å²) < 4.78 is 26.3. The zero-order chi connectivity index (χ0) is 13.7. The van der Waals surface area contributed by atoms with Crippen LogP contribution in [0.25, 0.3) is 0 Å². The lowest BCUT2D eigenvalue weighted by Gasteiger charge is -2.05. The predicted octanol–water partition coefficient (Wildman–Crippen LogP) is 1.18. The van der Waals surface area contributed by atoms with Gasteiger partial charge in [-0.05, 0) is 19.1 Å². The number of H-pyrrole nitrogens is 1. The van der Waals surface area contributed by atoms with Crippen LogP contribution in [0.3, 0.4) is 0 Å². The largest absolute Gasteiger partial charge is 0.262 e. The summed E-state index contributed by atoms with van der Waals surface area (Å²) >= 11 is 1.40. The molecule has 0 spiro atoms. The van der Waals surface area contributed by atoms with E-state index >= 15 is 0 Å². The number of nitrogens with zero attached hydrogens (tertiary/aromatic N) is 2. The lowest BCUT2D eigenvalue weighted by atomic mass is 10.4. The molecule has 1 aromatic heterocycles. The van der Waals surface area contributed by atoms with Gasteiger partial charge in [0, 0.05) is 12.3 Å². The van der Waals surface area contributed by atoms with Crippen molar-refractivity contribution in [3.05, 3.63) is 36.2 Å². The van der Waals surface area contributed by atoms with E-state index < -0.39 is 10.0 Å². The minimum atomic E-state index is -3.42. The van der Waals surface area contributed by atoms with E-state index in [2.05, 4.69) is 19.9 Å². The molecule has 0 unspecified atom stereocenters. The maximum Gasteiger partial charge on any atom is 0.240 e. The van der Waals surface area contributed by atoms with Crippen LogP contribution < -0.4 is 4.72 Å². The Balaban J connectivity index is 1.82. The fourth-order valence-corrected chi connectivity index (χ4v) is 3.27. The lowest BCUT2D eigenvalue weighted by Crippen LogP contribution is -2.25. The van der Waals surface area contributed by atoms with Crippen molar-refractivity contribution in [2.75, 3.05) is 12.3 Å². The highest BCUT2D eigenvalue weighted by Crippen LogP contribution is 2.11. The number of aromatic nitrogens is 3. The van der Waals surface area contributed by atoms with Crippen LogP contribution in [0.1, 0.15) is 5.82 Å². The van der Waals surface area contributed by atoms with Crippen molar-refractivity contribution in [3.63, 3.8) is 0 Å². The molecule has 0 aliphatic carbocycles. The van der Waals surface area contributed by atoms with E-state index in [1.165, 1.54) is 11.8 Å². The summed E-state index contributed by atoms with van der Waals surface area (Å²) in [6.07, 6.45) is 0. The molecule has 2 rings (SSSR count). The number of aromatic amines is 1. The highest BCUT2D eigenvalue weighted by atomic mass is 32.2. The smallest absolute Gasteiger partial charge is 0.240 e. The molecule has 0 aliphatic heterocycles. The summed E-state index contributed by atoms with van der Waals surface area (Å²) in [6, 6.07) is 8.29. The van der Waals surface area contributed by atoms with E-state index in [0.717, 1.165) is 5.82 Å². The number of aryl methyl sites for hydroxylation is 1. The van der Waals surface area contributed by atoms with Gasteiger partial charge in [-0.15, -0.1) is 5.10 Å². The molecule has 0 bridgehead atoms. The average molecular weight is 298 g/mol. The van der Waals surface area contributed by atoms with Crippen LogP contribution in [0.4, 0.5) is 0 Å². The number of sulfonamides is 1. The van der Waals surface area contributed by atoms with Gasteiger partial charge >= 0.3 is 0 Å². The highest BCUT2D eigenvalue weighted by Gasteiger charge is 2.12. The molecule has 0 atom stereocenters. The molecule has 19 heavy (non-hydrogen) atoms. The Morgan fingerprint density at radius 2 is 2.05 bits per heavy atom. The number of hydrogen-bond donors (Lipinski definition) is 2. The van der Waals surface area contributed by atoms with E-state index in [-0.39, 0.29) is 4.90 Å². The van der Waals surface area contributed by atoms with Crippen LogP contribution in [0, 0.1) is 6.92 Å². The second-order valence-corrected chi connectivity index (χ2v) is 6.59. The normalized spacial score (nSPS) is 11.6. The molecule has 6 nitrogen and oxygen atoms in total. The predicted molar refractivity (Wildman–Crippen MR) is 73.5 cm³/mol. The van der Waals surface area contributed by atoms with Gasteiger partial charge < -0.3 is 0 Å². The molecule has 102 valence electrons. The molecular formula is C11H14N4O2S2. The van der Waals surface area contributed by atoms with Gasteiger partial charge in [-0.1, -0.05) is 30.0 Å². The molecule has 0 saturated heterocycles. The van der Waals surface area contributed by atoms with Crippen molar-refractivity contribution in [1.82, 2.24) is 19.9 Å². The summed E-state index contributed by atoms with van der Waals surface area (Å²) in [4.78, 5) is 4.39. The number of benzene rings is 1. The zero-order valence-electron chi connectivity index (χ0n) is 10.3. The monoisotopic (exact) mass is 298 g/mol. The molecular weight excluding hydrogens is 284 g/mol. The lowest BCUT2D eigenvalue weighted by molar-refractivity contribution is 0.584. The van der Waals surface area contributed by atoms with Gasteiger partial charge in [-0.2, -0.15) is 0 Å². The van der Waals surface area contributed by atoms with Gasteiger partial charge in [0.2, 0.25) is 15.2 Å². The Bertz CT molecular complexity index is 625. The van der Waals surface area contributed by atoms with Crippen LogP contribution in [-0.2, 0) is 10.0 Å². The van der Waals surface area contributed by atoms with Gasteiger partial charge in [-0.3, -0.25) is 5.10 Å². The fourth-order valence-electron chi connectivity index (χ4n) is 1.39. The number of hydrogen-bond acceptors (Lipinski definition) is 5. The minimum absolute atomic E-state index is 0.272. The first-order valence-electron chi connectivity index (χ1n) is 5.64. The zero-order valence-corrected chi connectivity index (χ0v) is 12.0. The van der Waals surface area contributed by atoms with Gasteiger partial charge in [0.15, 0.2) is 0 Å². The maximum atomic E-state index is 11.9. The molecule has 0 amide bonds. The van der Waals surface area contributed by atoms with Crippen molar-refractivity contribution in [1.29, 1.82) is 0 Å². The Morgan fingerprint density at radius 3 is 2.68 bits per heavy atom. The van der Waals surface area contributed by atoms with E-state index in [9.17, 15) is 8.42 Å². The van der Waals surface area contributed by atoms with Crippen molar-refractivity contribution >= 4 is 21.8 Å². The number of nitrogens with one attached hydrogen (secondary N) is 2. The summed E-state index contributed by atoms with van der Waals surface area (Å²) in [5.41, 5.74) is 0. The van der Waals surface area contributed by atoms with Gasteiger partial charge in [0.05, 0.1) is 4.90 Å². The van der Waals surface area contributed by atoms with Gasteiger partial charge in [0.25, 0.3) is 0 Å². The Labute approximate surface area is 116 Å². The summed E-state index contributed by atoms with van der Waals surface area (Å²) in [5, 5.41) is 7.31. The maximum absolute atomic E-state index is 11.9. The van der Waals surface area contributed by atoms with E-state index in [1.807, 2.05) is 6.92 Å². The third-order valence-electron chi connectivity index (χ3n) is 2.26. The summed E-state index contributed by atoms with van der Waals surface area (Å²) in [5.74, 6) is 1.32. The summed E-state index contributed by atoms with van der Waals surface area (Å²) in [7, 11) is -3.42. The Kier molecular flexibility index (Phi) is 4.56. The van der Waals surface area contributed by atoms with Gasteiger partial charge in [-0.25, -0.2) is 18.1 Å². The van der Waals surface area contributed by atoms with Gasteiger partial charge in [0.1, 0.15) is 5.82 Å². The molecule has 0 radical (unpaired) electrons. The Hall–Kier alpha value is -1.38. The third kappa shape index (κ3) is 4.05. The molecule has 1 heterocycles. The first-order chi connectivity index (χ1) is 9.08. The van der Waals surface area contributed by atoms with Crippen molar-refractivity contribution in [3.8, 4) is 0 Å². The van der Waals surface area contributed by atoms with Crippen LogP contribution in [0.2, 0.25) is 0 Å². The second kappa shape index (κ2) is 6.18. The first-order valence-corrected chi connectivity index (χ1v) is 8.11. The molecule has 8 heteroatoms. The molecule has 0 fully saturated rings. The van der Waals surface area contributed by atoms with E-state index in [4.69, 9.17) is 0 Å². The van der Waals surface area contributed by atoms with Crippen molar-refractivity contribution in [2.24, 2.45) is 0 Å². The van der Waals surface area contributed by atoms with E-state index in [1.54, 1.807) is 30.3 Å². The quantitative estimate of drug-likeness (QED) is 0.617. The molecule has 2 aromatic rings. The average Bonchev–Trinajstić information content (AvgIpc) is 2.82. The van der Waals surface area contributed by atoms with Crippen LogP contribution >= 0.6 is 11.8 Å². The molecule has 0 aliphatic rings. The molecule has 2 N–H and O–H groups in total. The SMILES string of the molecule is Cc1nc(SCCNS(=O)(=O)c2ccccc2)n[nH]1. The van der Waals surface area contributed by atoms with E-state index in [0.29, 0.717) is 17.5 Å². The van der Waals surface area contributed by atoms with Crippen molar-refractivity contribution in [2.45, 2.75) is 17.0 Å². The Morgan fingerprint density at radius 1 is 1.32 bits per heavy atom. The van der Waals surface area contributed by atoms with Crippen LogP contribution in [-0.4, -0.2) is 35.9 Å². The fraction of sp³-hybridized carbons (Fsp3) is 0.273.